The monoisotopic (exact) mass is 252 g/mol. The van der Waals surface area contributed by atoms with Crippen LogP contribution in [0.4, 0.5) is 0 Å². The van der Waals surface area contributed by atoms with E-state index in [4.69, 9.17) is 0 Å². The number of likely N-dealkylation sites (N-methyl/N-ethyl adjacent to an activating group) is 2. The highest BCUT2D eigenvalue weighted by Gasteiger charge is 2.27. The Kier molecular flexibility index (Phi) is 4.37. The van der Waals surface area contributed by atoms with Crippen molar-refractivity contribution in [3.8, 4) is 0 Å². The van der Waals surface area contributed by atoms with Crippen LogP contribution in [0.5, 0.6) is 0 Å². The highest BCUT2D eigenvalue weighted by molar-refractivity contribution is 5.06. The van der Waals surface area contributed by atoms with Gasteiger partial charge >= 0.3 is 0 Å². The molecule has 1 aliphatic rings. The van der Waals surface area contributed by atoms with Gasteiger partial charge in [0.1, 0.15) is 0 Å². The molecule has 0 saturated carbocycles. The Hall–Kier alpha value is -0.910. The van der Waals surface area contributed by atoms with Crippen molar-refractivity contribution in [2.75, 3.05) is 33.7 Å². The minimum atomic E-state index is -0.334. The minimum absolute atomic E-state index is 0.206. The van der Waals surface area contributed by atoms with Gasteiger partial charge in [-0.1, -0.05) is 0 Å². The predicted molar refractivity (Wildman–Crippen MR) is 71.5 cm³/mol. The van der Waals surface area contributed by atoms with Crippen molar-refractivity contribution < 1.29 is 5.11 Å². The smallest absolute Gasteiger partial charge is 0.0749 e. The Morgan fingerprint density at radius 3 is 2.83 bits per heavy atom. The van der Waals surface area contributed by atoms with E-state index in [1.54, 1.807) is 4.68 Å². The van der Waals surface area contributed by atoms with Crippen molar-refractivity contribution >= 4 is 0 Å². The lowest BCUT2D eigenvalue weighted by molar-refractivity contribution is 0.0581. The van der Waals surface area contributed by atoms with Gasteiger partial charge in [-0.3, -0.25) is 9.58 Å². The van der Waals surface area contributed by atoms with Crippen molar-refractivity contribution in [1.82, 2.24) is 19.6 Å². The largest absolute Gasteiger partial charge is 0.391 e. The number of hydrogen-bond acceptors (Lipinski definition) is 4. The fourth-order valence-corrected chi connectivity index (χ4v) is 2.68. The van der Waals surface area contributed by atoms with Crippen LogP contribution in [0.3, 0.4) is 0 Å². The lowest BCUT2D eigenvalue weighted by atomic mass is 10.0. The van der Waals surface area contributed by atoms with Gasteiger partial charge in [0.2, 0.25) is 0 Å². The third-order valence-corrected chi connectivity index (χ3v) is 3.76. The second-order valence-electron chi connectivity index (χ2n) is 5.46. The maximum absolute atomic E-state index is 10.4. The van der Waals surface area contributed by atoms with Crippen molar-refractivity contribution in [3.63, 3.8) is 0 Å². The summed E-state index contributed by atoms with van der Waals surface area (Å²) in [5.74, 6) is 0. The van der Waals surface area contributed by atoms with Gasteiger partial charge in [0.25, 0.3) is 0 Å². The third-order valence-electron chi connectivity index (χ3n) is 3.76. The molecule has 2 heterocycles. The van der Waals surface area contributed by atoms with Gasteiger partial charge in [-0.25, -0.2) is 0 Å². The van der Waals surface area contributed by atoms with Gasteiger partial charge in [0, 0.05) is 32.3 Å². The summed E-state index contributed by atoms with van der Waals surface area (Å²) in [6.07, 6.45) is 5.33. The molecule has 1 N–H and O–H groups in total. The number of rotatable bonds is 3. The Balaban J connectivity index is 1.99. The van der Waals surface area contributed by atoms with E-state index < -0.39 is 0 Å². The van der Waals surface area contributed by atoms with Crippen LogP contribution >= 0.6 is 0 Å². The maximum Gasteiger partial charge on any atom is 0.0749 e. The normalized spacial score (nSPS) is 25.0. The molecule has 0 amide bonds. The van der Waals surface area contributed by atoms with E-state index in [-0.39, 0.29) is 12.1 Å². The summed E-state index contributed by atoms with van der Waals surface area (Å²) >= 11 is 0. The van der Waals surface area contributed by atoms with Crippen LogP contribution in [0.1, 0.15) is 12.0 Å². The van der Waals surface area contributed by atoms with E-state index in [1.807, 2.05) is 19.4 Å². The second-order valence-corrected chi connectivity index (χ2v) is 5.46. The highest BCUT2D eigenvalue weighted by Crippen LogP contribution is 2.14. The molecule has 102 valence electrons. The van der Waals surface area contributed by atoms with E-state index in [1.165, 1.54) is 6.42 Å². The number of aromatic nitrogens is 2. The molecule has 5 heteroatoms. The molecular formula is C13H24N4O. The first-order chi connectivity index (χ1) is 8.56. The molecule has 1 fully saturated rings. The van der Waals surface area contributed by atoms with Crippen LogP contribution in [0, 0.1) is 0 Å². The SMILES string of the molecule is CN1CCCN(C)C(C(O)Cc2cnn(C)c2)C1. The van der Waals surface area contributed by atoms with Gasteiger partial charge in [-0.05, 0) is 39.2 Å². The first kappa shape index (κ1) is 13.5. The number of aliphatic hydroxyl groups excluding tert-OH is 1. The van der Waals surface area contributed by atoms with Crippen molar-refractivity contribution in [1.29, 1.82) is 0 Å². The van der Waals surface area contributed by atoms with E-state index in [0.29, 0.717) is 6.42 Å². The van der Waals surface area contributed by atoms with Gasteiger partial charge in [-0.15, -0.1) is 0 Å². The van der Waals surface area contributed by atoms with E-state index in [0.717, 1.165) is 25.2 Å². The fraction of sp³-hybridized carbons (Fsp3) is 0.769. The van der Waals surface area contributed by atoms with Crippen molar-refractivity contribution in [3.05, 3.63) is 18.0 Å². The lowest BCUT2D eigenvalue weighted by Gasteiger charge is -2.31. The zero-order chi connectivity index (χ0) is 13.1. The molecule has 1 aromatic rings. The molecule has 1 saturated heterocycles. The molecule has 2 unspecified atom stereocenters. The number of hydrogen-bond donors (Lipinski definition) is 1. The fourth-order valence-electron chi connectivity index (χ4n) is 2.68. The molecule has 2 rings (SSSR count). The Morgan fingerprint density at radius 2 is 2.17 bits per heavy atom. The van der Waals surface area contributed by atoms with Crippen LogP contribution in [-0.2, 0) is 13.5 Å². The Bertz CT molecular complexity index is 379. The average Bonchev–Trinajstić information content (AvgIpc) is 2.62. The summed E-state index contributed by atoms with van der Waals surface area (Å²) in [7, 11) is 6.14. The number of nitrogens with zero attached hydrogens (tertiary/aromatic N) is 4. The molecule has 5 nitrogen and oxygen atoms in total. The molecule has 0 aromatic carbocycles. The van der Waals surface area contributed by atoms with Gasteiger partial charge < -0.3 is 10.0 Å². The van der Waals surface area contributed by atoms with Crippen LogP contribution < -0.4 is 0 Å². The molecule has 0 aliphatic carbocycles. The van der Waals surface area contributed by atoms with Gasteiger partial charge in [0.15, 0.2) is 0 Å². The summed E-state index contributed by atoms with van der Waals surface area (Å²) in [5.41, 5.74) is 1.10. The van der Waals surface area contributed by atoms with Crippen LogP contribution in [0.25, 0.3) is 0 Å². The second kappa shape index (κ2) is 5.82. The van der Waals surface area contributed by atoms with Crippen LogP contribution in [0.2, 0.25) is 0 Å². The molecular weight excluding hydrogens is 228 g/mol. The van der Waals surface area contributed by atoms with E-state index in [2.05, 4.69) is 29.0 Å². The topological polar surface area (TPSA) is 44.5 Å². The average molecular weight is 252 g/mol. The maximum atomic E-state index is 10.4. The molecule has 0 radical (unpaired) electrons. The summed E-state index contributed by atoms with van der Waals surface area (Å²) in [6, 6.07) is 0.206. The standard InChI is InChI=1S/C13H24N4O/c1-15-5-4-6-16(2)12(10-15)13(18)7-11-8-14-17(3)9-11/h8-9,12-13,18H,4-7,10H2,1-3H3. The van der Waals surface area contributed by atoms with Gasteiger partial charge in [0.05, 0.1) is 12.3 Å². The summed E-state index contributed by atoms with van der Waals surface area (Å²) in [6.45, 7) is 3.09. The molecule has 0 bridgehead atoms. The van der Waals surface area contributed by atoms with Crippen molar-refractivity contribution in [2.24, 2.45) is 7.05 Å². The predicted octanol–water partition coefficient (Wildman–Crippen LogP) is -0.0406. The first-order valence-electron chi connectivity index (χ1n) is 6.60. The summed E-state index contributed by atoms with van der Waals surface area (Å²) in [4.78, 5) is 4.59. The minimum Gasteiger partial charge on any atom is -0.391 e. The zero-order valence-electron chi connectivity index (χ0n) is 11.6. The number of aliphatic hydroxyl groups is 1. The van der Waals surface area contributed by atoms with Crippen LogP contribution in [-0.4, -0.2) is 70.6 Å². The Morgan fingerprint density at radius 1 is 1.39 bits per heavy atom. The lowest BCUT2D eigenvalue weighted by Crippen LogP contribution is -2.46. The van der Waals surface area contributed by atoms with Crippen LogP contribution in [0.15, 0.2) is 12.4 Å². The Labute approximate surface area is 109 Å². The molecule has 1 aromatic heterocycles. The highest BCUT2D eigenvalue weighted by atomic mass is 16.3. The quantitative estimate of drug-likeness (QED) is 0.820. The van der Waals surface area contributed by atoms with E-state index in [9.17, 15) is 5.11 Å². The first-order valence-corrected chi connectivity index (χ1v) is 6.60. The summed E-state index contributed by atoms with van der Waals surface area (Å²) in [5, 5.41) is 14.6. The molecule has 0 spiro atoms. The number of aryl methyl sites for hydroxylation is 1. The molecule has 1 aliphatic heterocycles. The van der Waals surface area contributed by atoms with Gasteiger partial charge in [-0.2, -0.15) is 5.10 Å². The van der Waals surface area contributed by atoms with E-state index >= 15 is 0 Å². The third kappa shape index (κ3) is 3.31. The zero-order valence-corrected chi connectivity index (χ0v) is 11.6. The van der Waals surface area contributed by atoms with Crippen molar-refractivity contribution in [2.45, 2.75) is 25.0 Å². The summed E-state index contributed by atoms with van der Waals surface area (Å²) < 4.78 is 1.78. The molecule has 2 atom stereocenters. The molecule has 18 heavy (non-hydrogen) atoms.